The first-order chi connectivity index (χ1) is 15.7. The fraction of sp³-hybridized carbons (Fsp3) is 0.906. The van der Waals surface area contributed by atoms with Gasteiger partial charge in [0.25, 0.3) is 0 Å². The first kappa shape index (κ1) is 24.9. The van der Waals surface area contributed by atoms with Crippen molar-refractivity contribution in [1.29, 1.82) is 0 Å². The van der Waals surface area contributed by atoms with Gasteiger partial charge in [-0.15, -0.1) is 0 Å². The van der Waals surface area contributed by atoms with Gasteiger partial charge in [-0.05, 0) is 109 Å². The molecule has 34 heavy (non-hydrogen) atoms. The Hall–Kier alpha value is -0.790. The highest BCUT2D eigenvalue weighted by Gasteiger charge is 2.68. The van der Waals surface area contributed by atoms with Gasteiger partial charge >= 0.3 is 5.97 Å². The fourth-order valence-electron chi connectivity index (χ4n) is 11.2. The van der Waals surface area contributed by atoms with Gasteiger partial charge in [0.15, 0.2) is 0 Å². The quantitative estimate of drug-likeness (QED) is 0.284. The molecule has 0 saturated heterocycles. The van der Waals surface area contributed by atoms with Crippen LogP contribution in [0.25, 0.3) is 0 Å². The van der Waals surface area contributed by atoms with Crippen molar-refractivity contribution in [2.24, 2.45) is 56.7 Å². The van der Waals surface area contributed by atoms with E-state index >= 15 is 0 Å². The van der Waals surface area contributed by atoms with Crippen LogP contribution >= 0.6 is 0 Å². The molecule has 4 saturated carbocycles. The summed E-state index contributed by atoms with van der Waals surface area (Å²) in [4.78, 5) is 11.9. The largest absolute Gasteiger partial charge is 0.462 e. The van der Waals surface area contributed by atoms with Crippen molar-refractivity contribution in [1.82, 2.24) is 0 Å². The Kier molecular flexibility index (Phi) is 5.57. The molecule has 0 aliphatic heterocycles. The van der Waals surface area contributed by atoms with E-state index in [2.05, 4.69) is 61.5 Å². The van der Waals surface area contributed by atoms with Crippen LogP contribution in [0.2, 0.25) is 0 Å². The maximum atomic E-state index is 11.9. The third-order valence-electron chi connectivity index (χ3n) is 13.6. The molecule has 0 aromatic heterocycles. The van der Waals surface area contributed by atoms with Gasteiger partial charge in [0, 0.05) is 12.3 Å². The number of rotatable bonds is 1. The summed E-state index contributed by atoms with van der Waals surface area (Å²) in [5, 5.41) is 0. The Bertz CT molecular complexity index is 885. The van der Waals surface area contributed by atoms with Gasteiger partial charge in [-0.2, -0.15) is 0 Å². The van der Waals surface area contributed by atoms with E-state index in [1.165, 1.54) is 51.4 Å². The lowest BCUT2D eigenvalue weighted by Gasteiger charge is -2.71. The molecule has 0 N–H and O–H groups in total. The van der Waals surface area contributed by atoms with Gasteiger partial charge in [-0.3, -0.25) is 4.79 Å². The minimum atomic E-state index is -0.110. The third-order valence-corrected chi connectivity index (χ3v) is 13.6. The molecule has 2 nitrogen and oxygen atoms in total. The van der Waals surface area contributed by atoms with Crippen LogP contribution in [0, 0.1) is 56.7 Å². The van der Waals surface area contributed by atoms with Crippen molar-refractivity contribution in [3.05, 3.63) is 11.6 Å². The Labute approximate surface area is 210 Å². The highest BCUT2D eigenvalue weighted by Crippen LogP contribution is 2.75. The van der Waals surface area contributed by atoms with Gasteiger partial charge in [-0.25, -0.2) is 0 Å². The highest BCUT2D eigenvalue weighted by molar-refractivity contribution is 5.66. The molecule has 0 amide bonds. The molecule has 0 spiro atoms. The third kappa shape index (κ3) is 3.08. The molecule has 5 aliphatic carbocycles. The molecule has 0 bridgehead atoms. The van der Waals surface area contributed by atoms with Crippen LogP contribution < -0.4 is 0 Å². The Morgan fingerprint density at radius 3 is 2.26 bits per heavy atom. The number of fused-ring (bicyclic) bond motifs is 7. The zero-order chi connectivity index (χ0) is 24.9. The molecule has 4 fully saturated rings. The van der Waals surface area contributed by atoms with E-state index in [4.69, 9.17) is 4.74 Å². The Morgan fingerprint density at radius 2 is 1.59 bits per heavy atom. The van der Waals surface area contributed by atoms with E-state index in [9.17, 15) is 4.79 Å². The fourth-order valence-corrected chi connectivity index (χ4v) is 11.2. The minimum absolute atomic E-state index is 0.0450. The molecule has 0 aromatic carbocycles. The molecule has 192 valence electrons. The number of ether oxygens (including phenoxy) is 1. The summed E-state index contributed by atoms with van der Waals surface area (Å²) in [6.45, 7) is 22.1. The summed E-state index contributed by atoms with van der Waals surface area (Å²) >= 11 is 0. The molecule has 5 aliphatic rings. The maximum Gasteiger partial charge on any atom is 0.302 e. The van der Waals surface area contributed by atoms with Crippen LogP contribution in [-0.2, 0) is 9.53 Å². The molecule has 0 radical (unpaired) electrons. The van der Waals surface area contributed by atoms with E-state index in [-0.39, 0.29) is 17.5 Å². The molecule has 0 aromatic rings. The maximum absolute atomic E-state index is 11.9. The highest BCUT2D eigenvalue weighted by atomic mass is 16.5. The van der Waals surface area contributed by atoms with Crippen LogP contribution in [0.3, 0.4) is 0 Å². The average molecular weight is 469 g/mol. The van der Waals surface area contributed by atoms with Gasteiger partial charge in [0.1, 0.15) is 6.10 Å². The summed E-state index contributed by atoms with van der Waals surface area (Å²) in [5.74, 6) is 3.66. The predicted octanol–water partition coefficient (Wildman–Crippen LogP) is 8.60. The predicted molar refractivity (Wildman–Crippen MR) is 140 cm³/mol. The van der Waals surface area contributed by atoms with Crippen LogP contribution in [-0.4, -0.2) is 12.1 Å². The lowest BCUT2D eigenvalue weighted by atomic mass is 9.33. The van der Waals surface area contributed by atoms with E-state index < -0.39 is 0 Å². The second-order valence-corrected chi connectivity index (χ2v) is 15.3. The molecule has 0 heterocycles. The summed E-state index contributed by atoms with van der Waals surface area (Å²) in [6.07, 6.45) is 14.6. The Morgan fingerprint density at radius 1 is 0.882 bits per heavy atom. The van der Waals surface area contributed by atoms with Gasteiger partial charge in [0.2, 0.25) is 0 Å². The number of esters is 1. The standard InChI is InChI=1S/C32H52O2/c1-20-12-15-29(6)18-19-31(8)23(27(29)21(20)2)10-11-25-30(7)16-14-26(34-22(3)33)28(4,5)24(30)13-17-32(25,31)9/h10,20-21,24-27H,11-19H2,1-9H3/t20?,21?,24?,25?,26-,27?,29?,30?,31?,32?/m1/s1. The van der Waals surface area contributed by atoms with Crippen LogP contribution in [0.15, 0.2) is 11.6 Å². The monoisotopic (exact) mass is 468 g/mol. The second kappa shape index (κ2) is 7.61. The Balaban J connectivity index is 1.54. The first-order valence-corrected chi connectivity index (χ1v) is 14.6. The van der Waals surface area contributed by atoms with Crippen molar-refractivity contribution >= 4 is 5.97 Å². The topological polar surface area (TPSA) is 26.3 Å². The van der Waals surface area contributed by atoms with Gasteiger partial charge < -0.3 is 4.74 Å². The molecule has 5 rings (SSSR count). The number of carbonyl (C=O) groups excluding carboxylic acids is 1. The van der Waals surface area contributed by atoms with Crippen molar-refractivity contribution in [3.8, 4) is 0 Å². The molecule has 9 unspecified atom stereocenters. The second-order valence-electron chi connectivity index (χ2n) is 15.3. The van der Waals surface area contributed by atoms with E-state index in [1.807, 2.05) is 5.57 Å². The smallest absolute Gasteiger partial charge is 0.302 e. The van der Waals surface area contributed by atoms with Crippen molar-refractivity contribution in [3.63, 3.8) is 0 Å². The first-order valence-electron chi connectivity index (χ1n) is 14.6. The van der Waals surface area contributed by atoms with E-state index in [0.717, 1.165) is 30.1 Å². The SMILES string of the molecule is CC(=O)O[C@@H]1CCC2(C)C(CCC3(C)C2CC=C2C4C(C)C(C)CCC4(C)CCC23C)C1(C)C. The molecular weight excluding hydrogens is 416 g/mol. The number of carbonyl (C=O) groups is 1. The molecule has 10 atom stereocenters. The molecular formula is C32H52O2. The van der Waals surface area contributed by atoms with Crippen molar-refractivity contribution in [2.45, 2.75) is 126 Å². The summed E-state index contributed by atoms with van der Waals surface area (Å²) < 4.78 is 5.91. The zero-order valence-corrected chi connectivity index (χ0v) is 23.7. The lowest BCUT2D eigenvalue weighted by molar-refractivity contribution is -0.212. The van der Waals surface area contributed by atoms with Crippen molar-refractivity contribution < 1.29 is 9.53 Å². The van der Waals surface area contributed by atoms with Gasteiger partial charge in [-0.1, -0.05) is 67.0 Å². The van der Waals surface area contributed by atoms with E-state index in [1.54, 1.807) is 6.92 Å². The zero-order valence-electron chi connectivity index (χ0n) is 23.7. The normalized spacial score (nSPS) is 54.0. The lowest BCUT2D eigenvalue weighted by Crippen LogP contribution is -2.65. The summed E-state index contributed by atoms with van der Waals surface area (Å²) in [5.41, 5.74) is 3.44. The summed E-state index contributed by atoms with van der Waals surface area (Å²) in [7, 11) is 0. The van der Waals surface area contributed by atoms with Crippen LogP contribution in [0.4, 0.5) is 0 Å². The van der Waals surface area contributed by atoms with Crippen molar-refractivity contribution in [2.75, 3.05) is 0 Å². The van der Waals surface area contributed by atoms with Crippen LogP contribution in [0.1, 0.15) is 120 Å². The number of hydrogen-bond donors (Lipinski definition) is 0. The van der Waals surface area contributed by atoms with Crippen LogP contribution in [0.5, 0.6) is 0 Å². The average Bonchev–Trinajstić information content (AvgIpc) is 2.74. The molecule has 2 heteroatoms. The minimum Gasteiger partial charge on any atom is -0.462 e. The number of hydrogen-bond acceptors (Lipinski definition) is 2. The summed E-state index contributed by atoms with van der Waals surface area (Å²) in [6, 6.07) is 0. The number of allylic oxidation sites excluding steroid dienone is 2. The van der Waals surface area contributed by atoms with E-state index in [0.29, 0.717) is 27.6 Å². The van der Waals surface area contributed by atoms with Gasteiger partial charge in [0.05, 0.1) is 0 Å².